The van der Waals surface area contributed by atoms with Crippen molar-refractivity contribution in [1.29, 1.82) is 0 Å². The van der Waals surface area contributed by atoms with E-state index >= 15 is 0 Å². The summed E-state index contributed by atoms with van der Waals surface area (Å²) in [6, 6.07) is 3.87. The van der Waals surface area contributed by atoms with E-state index in [4.69, 9.17) is 9.90 Å². The molecule has 1 amide bonds. The molecule has 0 radical (unpaired) electrons. The van der Waals surface area contributed by atoms with Crippen LogP contribution in [0.2, 0.25) is 0 Å². The molecule has 0 aromatic carbocycles. The number of sulfonamides is 1. The molecule has 1 aromatic heterocycles. The number of nitrogens with zero attached hydrogens (tertiary/aromatic N) is 3. The van der Waals surface area contributed by atoms with Gasteiger partial charge in [0.15, 0.2) is 0 Å². The fourth-order valence-electron chi connectivity index (χ4n) is 3.79. The van der Waals surface area contributed by atoms with Crippen LogP contribution in [0, 0.1) is 5.41 Å². The molecule has 3 heterocycles. The fourth-order valence-corrected chi connectivity index (χ4v) is 4.89. The van der Waals surface area contributed by atoms with Crippen LogP contribution < -0.4 is 0 Å². The highest BCUT2D eigenvalue weighted by Gasteiger charge is 2.42. The molecule has 0 aliphatic carbocycles. The second kappa shape index (κ2) is 9.94. The van der Waals surface area contributed by atoms with Crippen LogP contribution in [-0.2, 0) is 26.2 Å². The van der Waals surface area contributed by atoms with Gasteiger partial charge in [-0.1, -0.05) is 6.07 Å². The molecule has 0 unspecified atom stereocenters. The smallest absolute Gasteiger partial charge is 0.475 e. The Morgan fingerprint density at radius 3 is 2.35 bits per heavy atom. The first-order valence-corrected chi connectivity index (χ1v) is 11.4. The number of aliphatic carboxylic acids is 1. The highest BCUT2D eigenvalue weighted by Crippen LogP contribution is 2.41. The minimum absolute atomic E-state index is 0.0654. The van der Waals surface area contributed by atoms with Crippen molar-refractivity contribution in [2.75, 3.05) is 25.4 Å². The van der Waals surface area contributed by atoms with Gasteiger partial charge in [0.2, 0.25) is 15.9 Å². The van der Waals surface area contributed by atoms with Gasteiger partial charge in [-0.05, 0) is 43.2 Å². The fraction of sp³-hybridized carbons (Fsp3) is 0.632. The minimum atomic E-state index is -5.08. The van der Waals surface area contributed by atoms with Crippen LogP contribution >= 0.6 is 0 Å². The third-order valence-corrected chi connectivity index (χ3v) is 7.51. The van der Waals surface area contributed by atoms with Gasteiger partial charge in [-0.15, -0.1) is 0 Å². The summed E-state index contributed by atoms with van der Waals surface area (Å²) in [4.78, 5) is 27.2. The monoisotopic (exact) mass is 465 g/mol. The molecular formula is C19H26F3N3O5S. The van der Waals surface area contributed by atoms with Gasteiger partial charge in [-0.25, -0.2) is 17.5 Å². The van der Waals surface area contributed by atoms with Crippen LogP contribution in [-0.4, -0.2) is 71.2 Å². The molecule has 8 nitrogen and oxygen atoms in total. The first-order valence-electron chi connectivity index (χ1n) is 9.83. The van der Waals surface area contributed by atoms with Crippen LogP contribution in [0.1, 0.15) is 38.2 Å². The van der Waals surface area contributed by atoms with Gasteiger partial charge in [-0.2, -0.15) is 13.2 Å². The molecule has 1 N–H and O–H groups in total. The number of likely N-dealkylation sites (tertiary alicyclic amines) is 1. The molecule has 1 spiro atoms. The number of carboxylic acids is 1. The molecule has 31 heavy (non-hydrogen) atoms. The number of amides is 1. The zero-order chi connectivity index (χ0) is 23.3. The lowest BCUT2D eigenvalue weighted by atomic mass is 9.72. The SMILES string of the molecule is CCS(=O)(=O)N1CCC2(CCC(=O)N(Cc3cccnc3)C2)CC1.O=C(O)C(F)(F)F. The third-order valence-electron chi connectivity index (χ3n) is 5.63. The molecule has 2 aliphatic heterocycles. The van der Waals surface area contributed by atoms with Gasteiger partial charge in [0, 0.05) is 45.0 Å². The Labute approximate surface area is 179 Å². The van der Waals surface area contributed by atoms with Gasteiger partial charge in [0.05, 0.1) is 5.75 Å². The topological polar surface area (TPSA) is 108 Å². The first-order chi connectivity index (χ1) is 14.4. The number of piperidine rings is 2. The molecule has 174 valence electrons. The second-order valence-corrected chi connectivity index (χ2v) is 9.97. The highest BCUT2D eigenvalue weighted by molar-refractivity contribution is 7.89. The zero-order valence-corrected chi connectivity index (χ0v) is 18.0. The summed E-state index contributed by atoms with van der Waals surface area (Å²) >= 11 is 0. The Morgan fingerprint density at radius 1 is 1.26 bits per heavy atom. The zero-order valence-electron chi connectivity index (χ0n) is 17.1. The van der Waals surface area contributed by atoms with Crippen molar-refractivity contribution < 1.29 is 36.3 Å². The summed E-state index contributed by atoms with van der Waals surface area (Å²) in [6.07, 6.45) is 1.54. The van der Waals surface area contributed by atoms with E-state index in [1.165, 1.54) is 0 Å². The molecule has 0 atom stereocenters. The van der Waals surface area contributed by atoms with Crippen molar-refractivity contribution in [2.45, 2.75) is 45.3 Å². The summed E-state index contributed by atoms with van der Waals surface area (Å²) < 4.78 is 57.4. The average molecular weight is 465 g/mol. The number of hydrogen-bond acceptors (Lipinski definition) is 5. The maximum absolute atomic E-state index is 12.3. The molecule has 0 bridgehead atoms. The Kier molecular flexibility index (Phi) is 8.04. The van der Waals surface area contributed by atoms with Crippen molar-refractivity contribution in [3.05, 3.63) is 30.1 Å². The maximum atomic E-state index is 12.3. The molecular weight excluding hydrogens is 439 g/mol. The second-order valence-electron chi connectivity index (χ2n) is 7.71. The van der Waals surface area contributed by atoms with Gasteiger partial charge in [-0.3, -0.25) is 9.78 Å². The number of hydrogen-bond donors (Lipinski definition) is 1. The van der Waals surface area contributed by atoms with Crippen molar-refractivity contribution in [2.24, 2.45) is 5.41 Å². The Hall–Kier alpha value is -2.21. The number of rotatable bonds is 4. The Morgan fingerprint density at radius 2 is 1.87 bits per heavy atom. The quantitative estimate of drug-likeness (QED) is 0.731. The first kappa shape index (κ1) is 25.1. The van der Waals surface area contributed by atoms with Crippen LogP contribution in [0.15, 0.2) is 24.5 Å². The van der Waals surface area contributed by atoms with E-state index in [-0.39, 0.29) is 17.1 Å². The summed E-state index contributed by atoms with van der Waals surface area (Å²) in [5.74, 6) is -2.41. The lowest BCUT2D eigenvalue weighted by molar-refractivity contribution is -0.192. The number of alkyl halides is 3. The minimum Gasteiger partial charge on any atom is -0.475 e. The van der Waals surface area contributed by atoms with Gasteiger partial charge < -0.3 is 10.0 Å². The molecule has 2 fully saturated rings. The number of pyridine rings is 1. The molecule has 3 rings (SSSR count). The predicted molar refractivity (Wildman–Crippen MR) is 105 cm³/mol. The van der Waals surface area contributed by atoms with E-state index in [0.717, 1.165) is 31.4 Å². The number of halogens is 3. The Bertz CT molecular complexity index is 870. The molecule has 12 heteroatoms. The van der Waals surface area contributed by atoms with E-state index < -0.39 is 22.2 Å². The standard InChI is InChI=1S/C17H25N3O3S.C2HF3O2/c1-2-24(22,23)20-10-7-17(8-11-20)6-5-16(21)19(14-17)13-15-4-3-9-18-12-15;3-2(4,5)1(6)7/h3-4,9,12H,2,5-8,10-11,13-14H2,1H3;(H,6,7). The number of carbonyl (C=O) groups is 2. The van der Waals surface area contributed by atoms with Gasteiger partial charge >= 0.3 is 12.1 Å². The van der Waals surface area contributed by atoms with E-state index in [0.29, 0.717) is 26.1 Å². The molecule has 2 saturated heterocycles. The lowest BCUT2D eigenvalue weighted by Crippen LogP contribution is -2.52. The summed E-state index contributed by atoms with van der Waals surface area (Å²) in [6.45, 7) is 4.15. The van der Waals surface area contributed by atoms with Gasteiger partial charge in [0.25, 0.3) is 0 Å². The largest absolute Gasteiger partial charge is 0.490 e. The number of aromatic nitrogens is 1. The molecule has 0 saturated carbocycles. The van der Waals surface area contributed by atoms with Crippen LogP contribution in [0.5, 0.6) is 0 Å². The lowest BCUT2D eigenvalue weighted by Gasteiger charge is -2.47. The van der Waals surface area contributed by atoms with Crippen molar-refractivity contribution in [3.8, 4) is 0 Å². The Balaban J connectivity index is 0.000000423. The van der Waals surface area contributed by atoms with Crippen molar-refractivity contribution in [3.63, 3.8) is 0 Å². The van der Waals surface area contributed by atoms with E-state index in [2.05, 4.69) is 4.98 Å². The predicted octanol–water partition coefficient (Wildman–Crippen LogP) is 2.27. The number of carboxylic acid groups (broad SMARTS) is 1. The summed E-state index contributed by atoms with van der Waals surface area (Å²) in [5, 5.41) is 7.12. The number of carbonyl (C=O) groups excluding carboxylic acids is 1. The summed E-state index contributed by atoms with van der Waals surface area (Å²) in [5.41, 5.74) is 1.10. The molecule has 1 aromatic rings. The van der Waals surface area contributed by atoms with E-state index in [1.54, 1.807) is 23.6 Å². The highest BCUT2D eigenvalue weighted by atomic mass is 32.2. The van der Waals surface area contributed by atoms with Crippen LogP contribution in [0.25, 0.3) is 0 Å². The third kappa shape index (κ3) is 6.89. The van der Waals surface area contributed by atoms with E-state index in [1.807, 2.05) is 17.0 Å². The normalized spacial score (nSPS) is 19.6. The van der Waals surface area contributed by atoms with Crippen LogP contribution in [0.4, 0.5) is 13.2 Å². The summed E-state index contributed by atoms with van der Waals surface area (Å²) in [7, 11) is -3.10. The van der Waals surface area contributed by atoms with E-state index in [9.17, 15) is 26.4 Å². The maximum Gasteiger partial charge on any atom is 0.490 e. The molecule has 2 aliphatic rings. The average Bonchev–Trinajstić information content (AvgIpc) is 2.72. The van der Waals surface area contributed by atoms with Crippen LogP contribution in [0.3, 0.4) is 0 Å². The van der Waals surface area contributed by atoms with Crippen molar-refractivity contribution in [1.82, 2.24) is 14.2 Å². The van der Waals surface area contributed by atoms with Gasteiger partial charge in [0.1, 0.15) is 0 Å². The van der Waals surface area contributed by atoms with Crippen molar-refractivity contribution >= 4 is 21.9 Å².